The standard InChI is InChI=1S/C17H23N3O/c1-21-16-5-2-14(3-6-16)4-7-17-19-12-13-20(17)15-8-10-18-11-9-15/h2-3,5-6,12-13,15,18H,4,7-11H2,1H3. The van der Waals surface area contributed by atoms with Crippen LogP contribution in [-0.4, -0.2) is 29.8 Å². The average molecular weight is 285 g/mol. The summed E-state index contributed by atoms with van der Waals surface area (Å²) in [7, 11) is 1.70. The third kappa shape index (κ3) is 3.45. The highest BCUT2D eigenvalue weighted by Crippen LogP contribution is 2.21. The summed E-state index contributed by atoms with van der Waals surface area (Å²) in [4.78, 5) is 4.56. The van der Waals surface area contributed by atoms with Gasteiger partial charge in [0.05, 0.1) is 7.11 Å². The van der Waals surface area contributed by atoms with Gasteiger partial charge in [-0.1, -0.05) is 12.1 Å². The van der Waals surface area contributed by atoms with Crippen molar-refractivity contribution in [2.45, 2.75) is 31.7 Å². The molecule has 0 aliphatic carbocycles. The molecule has 1 aromatic heterocycles. The largest absolute Gasteiger partial charge is 0.497 e. The Labute approximate surface area is 126 Å². The molecule has 0 radical (unpaired) electrons. The van der Waals surface area contributed by atoms with Crippen molar-refractivity contribution in [2.24, 2.45) is 0 Å². The van der Waals surface area contributed by atoms with Gasteiger partial charge in [-0.2, -0.15) is 0 Å². The number of benzene rings is 1. The van der Waals surface area contributed by atoms with Crippen molar-refractivity contribution in [1.82, 2.24) is 14.9 Å². The molecular weight excluding hydrogens is 262 g/mol. The van der Waals surface area contributed by atoms with Gasteiger partial charge in [0.2, 0.25) is 0 Å². The van der Waals surface area contributed by atoms with Crippen molar-refractivity contribution in [2.75, 3.05) is 20.2 Å². The Kier molecular flexibility index (Phi) is 4.55. The maximum absolute atomic E-state index is 5.20. The quantitative estimate of drug-likeness (QED) is 0.918. The highest BCUT2D eigenvalue weighted by molar-refractivity contribution is 5.27. The van der Waals surface area contributed by atoms with Crippen molar-refractivity contribution < 1.29 is 4.74 Å². The van der Waals surface area contributed by atoms with E-state index >= 15 is 0 Å². The Morgan fingerprint density at radius 2 is 1.95 bits per heavy atom. The second kappa shape index (κ2) is 6.76. The van der Waals surface area contributed by atoms with Gasteiger partial charge < -0.3 is 14.6 Å². The van der Waals surface area contributed by atoms with Gasteiger partial charge in [0.1, 0.15) is 11.6 Å². The van der Waals surface area contributed by atoms with Crippen LogP contribution in [0.15, 0.2) is 36.7 Å². The fourth-order valence-electron chi connectivity index (χ4n) is 3.00. The number of hydrogen-bond donors (Lipinski definition) is 1. The van der Waals surface area contributed by atoms with E-state index in [1.54, 1.807) is 7.11 Å². The minimum absolute atomic E-state index is 0.611. The number of nitrogens with zero attached hydrogens (tertiary/aromatic N) is 2. The van der Waals surface area contributed by atoms with Gasteiger partial charge in [0.15, 0.2) is 0 Å². The van der Waals surface area contributed by atoms with Gasteiger partial charge in [-0.15, -0.1) is 0 Å². The van der Waals surface area contributed by atoms with Crippen LogP contribution in [0.4, 0.5) is 0 Å². The van der Waals surface area contributed by atoms with E-state index in [0.717, 1.165) is 31.7 Å². The molecule has 1 saturated heterocycles. The predicted molar refractivity (Wildman–Crippen MR) is 83.8 cm³/mol. The van der Waals surface area contributed by atoms with E-state index in [0.29, 0.717) is 6.04 Å². The Hall–Kier alpha value is -1.81. The second-order valence-corrected chi connectivity index (χ2v) is 5.58. The summed E-state index contributed by atoms with van der Waals surface area (Å²) < 4.78 is 7.57. The normalized spacial score (nSPS) is 16.0. The molecule has 2 aromatic rings. The molecule has 0 amide bonds. The minimum Gasteiger partial charge on any atom is -0.497 e. The summed E-state index contributed by atoms with van der Waals surface area (Å²) in [6, 6.07) is 8.93. The summed E-state index contributed by atoms with van der Waals surface area (Å²) in [5, 5.41) is 3.42. The number of ether oxygens (including phenoxy) is 1. The molecule has 21 heavy (non-hydrogen) atoms. The van der Waals surface area contributed by atoms with Crippen molar-refractivity contribution in [3.05, 3.63) is 48.0 Å². The van der Waals surface area contributed by atoms with Crippen LogP contribution in [0, 0.1) is 0 Å². The van der Waals surface area contributed by atoms with E-state index in [9.17, 15) is 0 Å². The van der Waals surface area contributed by atoms with Gasteiger partial charge in [0, 0.05) is 24.9 Å². The first kappa shape index (κ1) is 14.1. The third-order valence-electron chi connectivity index (χ3n) is 4.25. The Bertz CT molecular complexity index is 556. The van der Waals surface area contributed by atoms with E-state index in [-0.39, 0.29) is 0 Å². The molecule has 1 aliphatic heterocycles. The van der Waals surface area contributed by atoms with Crippen molar-refractivity contribution in [1.29, 1.82) is 0 Å². The van der Waals surface area contributed by atoms with Crippen LogP contribution in [0.5, 0.6) is 5.75 Å². The number of aromatic nitrogens is 2. The zero-order valence-electron chi connectivity index (χ0n) is 12.6. The number of methoxy groups -OCH3 is 1. The van der Waals surface area contributed by atoms with Gasteiger partial charge in [-0.05, 0) is 50.0 Å². The molecule has 4 nitrogen and oxygen atoms in total. The fraction of sp³-hybridized carbons (Fsp3) is 0.471. The number of aryl methyl sites for hydroxylation is 2. The summed E-state index contributed by atoms with van der Waals surface area (Å²) in [5.74, 6) is 2.12. The molecule has 0 spiro atoms. The first-order valence-electron chi connectivity index (χ1n) is 7.72. The topological polar surface area (TPSA) is 39.1 Å². The van der Waals surface area contributed by atoms with Crippen molar-refractivity contribution in [3.8, 4) is 5.75 Å². The van der Waals surface area contributed by atoms with Gasteiger partial charge in [0.25, 0.3) is 0 Å². The zero-order chi connectivity index (χ0) is 14.5. The van der Waals surface area contributed by atoms with Crippen LogP contribution in [0.1, 0.15) is 30.3 Å². The second-order valence-electron chi connectivity index (χ2n) is 5.58. The van der Waals surface area contributed by atoms with E-state index in [1.165, 1.54) is 24.2 Å². The maximum Gasteiger partial charge on any atom is 0.118 e. The van der Waals surface area contributed by atoms with Gasteiger partial charge >= 0.3 is 0 Å². The number of rotatable bonds is 5. The number of piperidine rings is 1. The molecule has 0 bridgehead atoms. The smallest absolute Gasteiger partial charge is 0.118 e. The summed E-state index contributed by atoms with van der Waals surface area (Å²) in [6.07, 6.45) is 8.48. The highest BCUT2D eigenvalue weighted by Gasteiger charge is 2.17. The van der Waals surface area contributed by atoms with Crippen molar-refractivity contribution in [3.63, 3.8) is 0 Å². The molecule has 112 valence electrons. The van der Waals surface area contributed by atoms with E-state index < -0.39 is 0 Å². The lowest BCUT2D eigenvalue weighted by Crippen LogP contribution is -2.30. The fourth-order valence-corrected chi connectivity index (χ4v) is 3.00. The Morgan fingerprint density at radius 3 is 2.67 bits per heavy atom. The molecule has 0 atom stereocenters. The van der Waals surface area contributed by atoms with Crippen LogP contribution in [0.3, 0.4) is 0 Å². The maximum atomic E-state index is 5.20. The molecule has 0 unspecified atom stereocenters. The van der Waals surface area contributed by atoms with Crippen LogP contribution >= 0.6 is 0 Å². The Balaban J connectivity index is 1.63. The monoisotopic (exact) mass is 285 g/mol. The first-order valence-corrected chi connectivity index (χ1v) is 7.72. The predicted octanol–water partition coefficient (Wildman–Crippen LogP) is 2.60. The van der Waals surface area contributed by atoms with E-state index in [2.05, 4.69) is 33.2 Å². The average Bonchev–Trinajstić information content (AvgIpc) is 3.03. The van der Waals surface area contributed by atoms with Gasteiger partial charge in [-0.25, -0.2) is 4.98 Å². The molecule has 1 aromatic carbocycles. The molecule has 3 rings (SSSR count). The lowest BCUT2D eigenvalue weighted by Gasteiger charge is -2.25. The lowest BCUT2D eigenvalue weighted by molar-refractivity contribution is 0.360. The molecule has 0 saturated carbocycles. The Morgan fingerprint density at radius 1 is 1.19 bits per heavy atom. The molecule has 1 aliphatic rings. The molecular formula is C17H23N3O. The highest BCUT2D eigenvalue weighted by atomic mass is 16.5. The van der Waals surface area contributed by atoms with Crippen LogP contribution in [0.25, 0.3) is 0 Å². The van der Waals surface area contributed by atoms with Gasteiger partial charge in [-0.3, -0.25) is 0 Å². The number of nitrogens with one attached hydrogen (secondary N) is 1. The number of hydrogen-bond acceptors (Lipinski definition) is 3. The van der Waals surface area contributed by atoms with Crippen LogP contribution in [-0.2, 0) is 12.8 Å². The summed E-state index contributed by atoms with van der Waals surface area (Å²) in [5.41, 5.74) is 1.33. The molecule has 2 heterocycles. The zero-order valence-corrected chi connectivity index (χ0v) is 12.6. The van der Waals surface area contributed by atoms with Crippen LogP contribution < -0.4 is 10.1 Å². The lowest BCUT2D eigenvalue weighted by atomic mass is 10.1. The summed E-state index contributed by atoms with van der Waals surface area (Å²) >= 11 is 0. The summed E-state index contributed by atoms with van der Waals surface area (Å²) in [6.45, 7) is 2.22. The third-order valence-corrected chi connectivity index (χ3v) is 4.25. The van der Waals surface area contributed by atoms with Crippen LogP contribution in [0.2, 0.25) is 0 Å². The van der Waals surface area contributed by atoms with E-state index in [1.807, 2.05) is 18.3 Å². The minimum atomic E-state index is 0.611. The first-order chi connectivity index (χ1) is 10.4. The van der Waals surface area contributed by atoms with E-state index in [4.69, 9.17) is 4.74 Å². The molecule has 4 heteroatoms. The number of imidazole rings is 1. The molecule has 1 fully saturated rings. The van der Waals surface area contributed by atoms with Crippen molar-refractivity contribution >= 4 is 0 Å². The molecule has 1 N–H and O–H groups in total. The SMILES string of the molecule is COc1ccc(CCc2nccn2C2CCNCC2)cc1.